The molecule has 3 rings (SSSR count). The van der Waals surface area contributed by atoms with Crippen LogP contribution in [0.5, 0.6) is 0 Å². The van der Waals surface area contributed by atoms with Crippen molar-refractivity contribution in [2.45, 2.75) is 25.7 Å². The molecule has 2 aromatic carbocycles. The molecule has 3 N–H and O–H groups in total. The number of H-pyrrole nitrogens is 1. The quantitative estimate of drug-likeness (QED) is 0.695. The van der Waals surface area contributed by atoms with Gasteiger partial charge in [0.2, 0.25) is 5.91 Å². The van der Waals surface area contributed by atoms with Gasteiger partial charge in [-0.25, -0.2) is 9.37 Å². The van der Waals surface area contributed by atoms with Gasteiger partial charge in [0.05, 0.1) is 0 Å². The third-order valence-corrected chi connectivity index (χ3v) is 3.99. The van der Waals surface area contributed by atoms with Gasteiger partial charge in [0, 0.05) is 18.4 Å². The van der Waals surface area contributed by atoms with Gasteiger partial charge in [-0.1, -0.05) is 30.3 Å². The Labute approximate surface area is 145 Å². The third kappa shape index (κ3) is 4.50. The minimum absolute atomic E-state index is 0.252. The Hall–Kier alpha value is -3.02. The van der Waals surface area contributed by atoms with Crippen LogP contribution in [0.1, 0.15) is 39.6 Å². The lowest BCUT2D eigenvalue weighted by Crippen LogP contribution is -2.13. The molecule has 1 amide bonds. The number of benzene rings is 2. The molecule has 1 heterocycles. The van der Waals surface area contributed by atoms with Gasteiger partial charge in [0.15, 0.2) is 5.82 Å². The standard InChI is InChI=1S/C19H19FN4O/c20-15-10-8-13(9-11-15)12-18-22-17(23-24-18)7-3-5-14-4-1-2-6-16(14)19(21)25/h1-2,4,6,8-11H,3,5,7,12H2,(H2,21,25)(H,22,23,24). The first kappa shape index (κ1) is 16.8. The van der Waals surface area contributed by atoms with Gasteiger partial charge < -0.3 is 5.73 Å². The predicted molar refractivity (Wildman–Crippen MR) is 92.6 cm³/mol. The van der Waals surface area contributed by atoms with E-state index in [1.54, 1.807) is 24.3 Å². The molecule has 0 radical (unpaired) electrons. The highest BCUT2D eigenvalue weighted by molar-refractivity contribution is 5.94. The maximum absolute atomic E-state index is 12.9. The zero-order valence-electron chi connectivity index (χ0n) is 13.7. The first-order valence-corrected chi connectivity index (χ1v) is 8.14. The Morgan fingerprint density at radius 3 is 2.60 bits per heavy atom. The second kappa shape index (κ2) is 7.70. The summed E-state index contributed by atoms with van der Waals surface area (Å²) in [6.07, 6.45) is 2.84. The minimum Gasteiger partial charge on any atom is -0.366 e. The molecule has 0 unspecified atom stereocenters. The van der Waals surface area contributed by atoms with E-state index in [0.717, 1.165) is 35.6 Å². The van der Waals surface area contributed by atoms with Crippen molar-refractivity contribution in [1.82, 2.24) is 15.2 Å². The van der Waals surface area contributed by atoms with Crippen LogP contribution in [-0.4, -0.2) is 21.1 Å². The number of rotatable bonds is 7. The summed E-state index contributed by atoms with van der Waals surface area (Å²) in [6, 6.07) is 13.7. The second-order valence-electron chi connectivity index (χ2n) is 5.88. The summed E-state index contributed by atoms with van der Waals surface area (Å²) in [5.74, 6) is 0.821. The lowest BCUT2D eigenvalue weighted by atomic mass is 10.0. The van der Waals surface area contributed by atoms with Crippen molar-refractivity contribution < 1.29 is 9.18 Å². The van der Waals surface area contributed by atoms with Crippen LogP contribution in [0.3, 0.4) is 0 Å². The Kier molecular flexibility index (Phi) is 5.18. The van der Waals surface area contributed by atoms with E-state index in [1.807, 2.05) is 12.1 Å². The van der Waals surface area contributed by atoms with E-state index in [0.29, 0.717) is 18.4 Å². The van der Waals surface area contributed by atoms with Gasteiger partial charge in [0.1, 0.15) is 11.6 Å². The number of aryl methyl sites for hydroxylation is 2. The Morgan fingerprint density at radius 2 is 1.84 bits per heavy atom. The molecule has 0 aliphatic heterocycles. The van der Waals surface area contributed by atoms with Gasteiger partial charge >= 0.3 is 0 Å². The summed E-state index contributed by atoms with van der Waals surface area (Å²) in [6.45, 7) is 0. The number of primary amides is 1. The molecule has 0 fully saturated rings. The topological polar surface area (TPSA) is 84.7 Å². The van der Waals surface area contributed by atoms with Gasteiger partial charge in [-0.05, 0) is 42.2 Å². The lowest BCUT2D eigenvalue weighted by Gasteiger charge is -2.05. The van der Waals surface area contributed by atoms with Crippen LogP contribution in [0.4, 0.5) is 4.39 Å². The number of nitrogens with one attached hydrogen (secondary N) is 1. The zero-order chi connectivity index (χ0) is 17.6. The first-order valence-electron chi connectivity index (χ1n) is 8.14. The monoisotopic (exact) mass is 338 g/mol. The summed E-state index contributed by atoms with van der Waals surface area (Å²) in [4.78, 5) is 15.9. The van der Waals surface area contributed by atoms with Crippen LogP contribution in [-0.2, 0) is 19.3 Å². The summed E-state index contributed by atoms with van der Waals surface area (Å²) in [7, 11) is 0. The highest BCUT2D eigenvalue weighted by Crippen LogP contribution is 2.12. The maximum Gasteiger partial charge on any atom is 0.248 e. The van der Waals surface area contributed by atoms with Crippen LogP contribution >= 0.6 is 0 Å². The highest BCUT2D eigenvalue weighted by Gasteiger charge is 2.08. The van der Waals surface area contributed by atoms with Crippen molar-refractivity contribution >= 4 is 5.91 Å². The average molecular weight is 338 g/mol. The van der Waals surface area contributed by atoms with Gasteiger partial charge in [-0.2, -0.15) is 5.10 Å². The Bertz CT molecular complexity index is 858. The Morgan fingerprint density at radius 1 is 1.08 bits per heavy atom. The molecule has 128 valence electrons. The number of aromatic nitrogens is 3. The fraction of sp³-hybridized carbons (Fsp3) is 0.211. The largest absolute Gasteiger partial charge is 0.366 e. The van der Waals surface area contributed by atoms with E-state index in [-0.39, 0.29) is 5.82 Å². The fourth-order valence-corrected chi connectivity index (χ4v) is 2.74. The number of carbonyl (C=O) groups excluding carboxylic acids is 1. The van der Waals surface area contributed by atoms with Crippen molar-refractivity contribution in [2.75, 3.05) is 0 Å². The number of hydrogen-bond donors (Lipinski definition) is 2. The van der Waals surface area contributed by atoms with Gasteiger partial charge in [0.25, 0.3) is 0 Å². The van der Waals surface area contributed by atoms with Crippen LogP contribution in [0.2, 0.25) is 0 Å². The molecule has 5 nitrogen and oxygen atoms in total. The molecule has 25 heavy (non-hydrogen) atoms. The number of nitrogens with zero attached hydrogens (tertiary/aromatic N) is 2. The minimum atomic E-state index is -0.407. The number of nitrogens with two attached hydrogens (primary N) is 1. The second-order valence-corrected chi connectivity index (χ2v) is 5.88. The lowest BCUT2D eigenvalue weighted by molar-refractivity contribution is 0.0999. The highest BCUT2D eigenvalue weighted by atomic mass is 19.1. The van der Waals surface area contributed by atoms with Crippen LogP contribution < -0.4 is 5.73 Å². The number of carbonyl (C=O) groups is 1. The predicted octanol–water partition coefficient (Wildman–Crippen LogP) is 2.81. The number of amides is 1. The fourth-order valence-electron chi connectivity index (χ4n) is 2.74. The van der Waals surface area contributed by atoms with E-state index < -0.39 is 5.91 Å². The smallest absolute Gasteiger partial charge is 0.248 e. The number of hydrogen-bond acceptors (Lipinski definition) is 3. The van der Waals surface area contributed by atoms with Crippen molar-refractivity contribution in [3.8, 4) is 0 Å². The van der Waals surface area contributed by atoms with Crippen LogP contribution in [0.25, 0.3) is 0 Å². The first-order chi connectivity index (χ1) is 12.1. The van der Waals surface area contributed by atoms with Gasteiger partial charge in [-0.15, -0.1) is 0 Å². The van der Waals surface area contributed by atoms with Crippen LogP contribution in [0.15, 0.2) is 48.5 Å². The molecule has 0 saturated heterocycles. The molecule has 0 bridgehead atoms. The molecule has 0 aliphatic carbocycles. The van der Waals surface area contributed by atoms with E-state index >= 15 is 0 Å². The van der Waals surface area contributed by atoms with E-state index in [4.69, 9.17) is 5.73 Å². The third-order valence-electron chi connectivity index (χ3n) is 3.99. The van der Waals surface area contributed by atoms with E-state index in [1.165, 1.54) is 12.1 Å². The Balaban J connectivity index is 1.55. The zero-order valence-corrected chi connectivity index (χ0v) is 13.7. The van der Waals surface area contributed by atoms with Crippen molar-refractivity contribution in [2.24, 2.45) is 5.73 Å². The number of halogens is 1. The van der Waals surface area contributed by atoms with Gasteiger partial charge in [-0.3, -0.25) is 9.89 Å². The van der Waals surface area contributed by atoms with Crippen LogP contribution in [0, 0.1) is 5.82 Å². The molecule has 0 atom stereocenters. The molecular formula is C19H19FN4O. The number of aromatic amines is 1. The van der Waals surface area contributed by atoms with Crippen molar-refractivity contribution in [3.05, 3.63) is 82.7 Å². The van der Waals surface area contributed by atoms with Crippen molar-refractivity contribution in [1.29, 1.82) is 0 Å². The molecule has 0 aliphatic rings. The summed E-state index contributed by atoms with van der Waals surface area (Å²) < 4.78 is 12.9. The molecule has 1 aromatic heterocycles. The molecular weight excluding hydrogens is 319 g/mol. The molecule has 0 spiro atoms. The summed E-state index contributed by atoms with van der Waals surface area (Å²) >= 11 is 0. The SMILES string of the molecule is NC(=O)c1ccccc1CCCc1n[nH]c(Cc2ccc(F)cc2)n1. The molecule has 6 heteroatoms. The normalized spacial score (nSPS) is 10.8. The van der Waals surface area contributed by atoms with Crippen molar-refractivity contribution in [3.63, 3.8) is 0 Å². The molecule has 3 aromatic rings. The summed E-state index contributed by atoms with van der Waals surface area (Å²) in [5, 5.41) is 7.13. The summed E-state index contributed by atoms with van der Waals surface area (Å²) in [5.41, 5.74) is 7.87. The maximum atomic E-state index is 12.9. The molecule has 0 saturated carbocycles. The average Bonchev–Trinajstić information content (AvgIpc) is 3.04. The van der Waals surface area contributed by atoms with E-state index in [9.17, 15) is 9.18 Å². The van der Waals surface area contributed by atoms with E-state index in [2.05, 4.69) is 15.2 Å².